The molecule has 0 saturated heterocycles. The first kappa shape index (κ1) is 23.5. The summed E-state index contributed by atoms with van der Waals surface area (Å²) in [7, 11) is 0. The number of carbonyl (C=O) groups excluding carboxylic acids is 2. The number of allylic oxidation sites excluding steroid dienone is 1. The first-order valence-corrected chi connectivity index (χ1v) is 11.7. The number of para-hydroxylation sites is 1. The Hall–Kier alpha value is -5.23. The van der Waals surface area contributed by atoms with Crippen molar-refractivity contribution < 1.29 is 14.0 Å². The maximum atomic E-state index is 12.9. The Balaban J connectivity index is 1.31. The van der Waals surface area contributed by atoms with Crippen LogP contribution in [0.5, 0.6) is 0 Å². The van der Waals surface area contributed by atoms with Gasteiger partial charge in [-0.05, 0) is 66.8 Å². The Bertz CT molecular complexity index is 1550. The van der Waals surface area contributed by atoms with Crippen LogP contribution in [-0.2, 0) is 4.79 Å². The van der Waals surface area contributed by atoms with E-state index in [0.717, 1.165) is 22.5 Å². The van der Waals surface area contributed by atoms with Gasteiger partial charge in [0.15, 0.2) is 5.78 Å². The number of hydrogen-bond donors (Lipinski definition) is 1. The van der Waals surface area contributed by atoms with Crippen molar-refractivity contribution in [2.45, 2.75) is 0 Å². The van der Waals surface area contributed by atoms with Crippen LogP contribution in [0, 0.1) is 0 Å². The average molecular weight is 486 g/mol. The number of hydrogen-bond acceptors (Lipinski definition) is 4. The number of nitrogens with one attached hydrogen (secondary N) is 1. The van der Waals surface area contributed by atoms with Crippen molar-refractivity contribution in [1.29, 1.82) is 0 Å². The van der Waals surface area contributed by atoms with E-state index in [2.05, 4.69) is 5.32 Å². The van der Waals surface area contributed by atoms with Crippen molar-refractivity contribution in [2.75, 3.05) is 5.32 Å². The van der Waals surface area contributed by atoms with E-state index >= 15 is 0 Å². The number of furan rings is 1. The summed E-state index contributed by atoms with van der Waals surface area (Å²) in [6, 6.07) is 30.0. The molecule has 5 aromatic rings. The summed E-state index contributed by atoms with van der Waals surface area (Å²) in [6.07, 6.45) is 9.75. The normalized spacial score (nSPS) is 11.2. The highest BCUT2D eigenvalue weighted by Crippen LogP contribution is 2.25. The van der Waals surface area contributed by atoms with Gasteiger partial charge in [0.05, 0.1) is 17.6 Å². The third kappa shape index (κ3) is 5.89. The van der Waals surface area contributed by atoms with E-state index in [9.17, 15) is 9.59 Å². The summed E-state index contributed by atoms with van der Waals surface area (Å²) >= 11 is 0. The van der Waals surface area contributed by atoms with E-state index in [-0.39, 0.29) is 11.7 Å². The van der Waals surface area contributed by atoms with E-state index in [1.54, 1.807) is 60.9 Å². The van der Waals surface area contributed by atoms with Gasteiger partial charge in [-0.1, -0.05) is 48.5 Å². The molecule has 5 rings (SSSR count). The van der Waals surface area contributed by atoms with Gasteiger partial charge in [-0.25, -0.2) is 4.68 Å². The van der Waals surface area contributed by atoms with Gasteiger partial charge in [0, 0.05) is 34.7 Å². The Labute approximate surface area is 214 Å². The summed E-state index contributed by atoms with van der Waals surface area (Å²) < 4.78 is 6.98. The molecule has 0 unspecified atom stereocenters. The topological polar surface area (TPSA) is 77.1 Å². The van der Waals surface area contributed by atoms with Crippen LogP contribution >= 0.6 is 0 Å². The van der Waals surface area contributed by atoms with E-state index in [1.807, 2.05) is 71.5 Å². The summed E-state index contributed by atoms with van der Waals surface area (Å²) in [5.74, 6) is 0.147. The maximum Gasteiger partial charge on any atom is 0.248 e. The number of anilines is 1. The zero-order valence-electron chi connectivity index (χ0n) is 19.8. The molecule has 0 bridgehead atoms. The van der Waals surface area contributed by atoms with Crippen LogP contribution in [0.15, 0.2) is 126 Å². The van der Waals surface area contributed by atoms with Gasteiger partial charge < -0.3 is 9.73 Å². The third-order valence-corrected chi connectivity index (χ3v) is 5.60. The van der Waals surface area contributed by atoms with Crippen molar-refractivity contribution in [3.8, 4) is 16.9 Å². The lowest BCUT2D eigenvalue weighted by Crippen LogP contribution is -2.07. The standard InChI is InChI=1S/C31H23N3O3/c35-29(23-13-16-26(17-14-23)32-30(36)20-18-28-12-7-21-37-28)19-15-25-22-34(27-10-5-2-6-11-27)33-31(25)24-8-3-1-4-9-24/h1-22H,(H,32,36)/b19-15+,20-18+. The number of nitrogens with zero attached hydrogens (tertiary/aromatic N) is 2. The fourth-order valence-electron chi connectivity index (χ4n) is 3.75. The molecule has 0 aliphatic carbocycles. The second-order valence-electron chi connectivity index (χ2n) is 8.19. The molecular formula is C31H23N3O3. The van der Waals surface area contributed by atoms with Gasteiger partial charge in [0.25, 0.3) is 0 Å². The van der Waals surface area contributed by atoms with E-state index in [1.165, 1.54) is 6.08 Å². The van der Waals surface area contributed by atoms with Gasteiger partial charge in [-0.3, -0.25) is 9.59 Å². The van der Waals surface area contributed by atoms with Crippen LogP contribution in [0.1, 0.15) is 21.7 Å². The molecule has 0 fully saturated rings. The van der Waals surface area contributed by atoms with Gasteiger partial charge >= 0.3 is 0 Å². The first-order valence-electron chi connectivity index (χ1n) is 11.7. The van der Waals surface area contributed by atoms with Gasteiger partial charge in [0.2, 0.25) is 5.91 Å². The number of benzene rings is 3. The summed E-state index contributed by atoms with van der Waals surface area (Å²) in [5, 5.41) is 7.54. The van der Waals surface area contributed by atoms with Crippen LogP contribution in [0.25, 0.3) is 29.1 Å². The number of ketones is 1. The zero-order valence-corrected chi connectivity index (χ0v) is 19.8. The minimum atomic E-state index is -0.292. The molecule has 2 aromatic heterocycles. The van der Waals surface area contributed by atoms with E-state index in [0.29, 0.717) is 17.0 Å². The Morgan fingerprint density at radius 2 is 1.51 bits per heavy atom. The molecule has 0 spiro atoms. The second-order valence-corrected chi connectivity index (χ2v) is 8.19. The number of carbonyl (C=O) groups is 2. The molecule has 180 valence electrons. The molecule has 0 aliphatic heterocycles. The van der Waals surface area contributed by atoms with Gasteiger partial charge in [-0.2, -0.15) is 5.10 Å². The minimum absolute atomic E-state index is 0.151. The van der Waals surface area contributed by atoms with Gasteiger partial charge in [-0.15, -0.1) is 0 Å². The fraction of sp³-hybridized carbons (Fsp3) is 0. The summed E-state index contributed by atoms with van der Waals surface area (Å²) in [6.45, 7) is 0. The average Bonchev–Trinajstić information content (AvgIpc) is 3.62. The molecule has 1 amide bonds. The highest BCUT2D eigenvalue weighted by atomic mass is 16.3. The monoisotopic (exact) mass is 485 g/mol. The second kappa shape index (κ2) is 11.0. The highest BCUT2D eigenvalue weighted by molar-refractivity contribution is 6.07. The Kier molecular flexibility index (Phi) is 6.99. The van der Waals surface area contributed by atoms with Crippen molar-refractivity contribution >= 4 is 29.5 Å². The van der Waals surface area contributed by atoms with Crippen LogP contribution in [0.4, 0.5) is 5.69 Å². The first-order chi connectivity index (χ1) is 18.2. The molecule has 6 nitrogen and oxygen atoms in total. The molecular weight excluding hydrogens is 462 g/mol. The summed E-state index contributed by atoms with van der Waals surface area (Å²) in [5.41, 5.74) is 4.61. The van der Waals surface area contributed by atoms with E-state index < -0.39 is 0 Å². The predicted molar refractivity (Wildman–Crippen MR) is 145 cm³/mol. The van der Waals surface area contributed by atoms with Gasteiger partial charge in [0.1, 0.15) is 5.76 Å². The molecule has 2 heterocycles. The number of amides is 1. The predicted octanol–water partition coefficient (Wildman–Crippen LogP) is 6.68. The number of aromatic nitrogens is 2. The van der Waals surface area contributed by atoms with Crippen molar-refractivity contribution in [3.63, 3.8) is 0 Å². The molecule has 0 radical (unpaired) electrons. The van der Waals surface area contributed by atoms with Crippen LogP contribution < -0.4 is 5.32 Å². The Morgan fingerprint density at radius 3 is 2.22 bits per heavy atom. The minimum Gasteiger partial charge on any atom is -0.465 e. The lowest BCUT2D eigenvalue weighted by molar-refractivity contribution is -0.111. The molecule has 0 aliphatic rings. The van der Waals surface area contributed by atoms with Crippen molar-refractivity contribution in [2.24, 2.45) is 0 Å². The molecule has 37 heavy (non-hydrogen) atoms. The zero-order chi connectivity index (χ0) is 25.5. The molecule has 1 N–H and O–H groups in total. The lowest BCUT2D eigenvalue weighted by atomic mass is 10.1. The number of rotatable bonds is 8. The smallest absolute Gasteiger partial charge is 0.248 e. The van der Waals surface area contributed by atoms with Crippen LogP contribution in [0.2, 0.25) is 0 Å². The van der Waals surface area contributed by atoms with E-state index in [4.69, 9.17) is 9.52 Å². The molecule has 0 saturated carbocycles. The Morgan fingerprint density at radius 1 is 0.784 bits per heavy atom. The highest BCUT2D eigenvalue weighted by Gasteiger charge is 2.11. The fourth-order valence-corrected chi connectivity index (χ4v) is 3.75. The maximum absolute atomic E-state index is 12.9. The van der Waals surface area contributed by atoms with Crippen LogP contribution in [0.3, 0.4) is 0 Å². The van der Waals surface area contributed by atoms with Crippen molar-refractivity contribution in [3.05, 3.63) is 139 Å². The summed E-state index contributed by atoms with van der Waals surface area (Å²) in [4.78, 5) is 25.0. The molecule has 6 heteroatoms. The third-order valence-electron chi connectivity index (χ3n) is 5.60. The van der Waals surface area contributed by atoms with Crippen LogP contribution in [-0.4, -0.2) is 21.5 Å². The molecule has 3 aromatic carbocycles. The largest absolute Gasteiger partial charge is 0.465 e. The quantitative estimate of drug-likeness (QED) is 0.196. The molecule has 0 atom stereocenters. The van der Waals surface area contributed by atoms with Crippen molar-refractivity contribution in [1.82, 2.24) is 9.78 Å². The lowest BCUT2D eigenvalue weighted by Gasteiger charge is -2.03. The SMILES string of the molecule is O=C(/C=C/c1ccco1)Nc1ccc(C(=O)/C=C/c2cn(-c3ccccc3)nc2-c2ccccc2)cc1.